The number of carbonyl (C=O) groups is 1. The van der Waals surface area contributed by atoms with Gasteiger partial charge in [0.05, 0.1) is 6.04 Å². The first-order valence-electron chi connectivity index (χ1n) is 10.1. The highest BCUT2D eigenvalue weighted by Crippen LogP contribution is 2.27. The van der Waals surface area contributed by atoms with Crippen molar-refractivity contribution < 1.29 is 18.3 Å². The molecule has 3 rings (SSSR count). The van der Waals surface area contributed by atoms with Gasteiger partial charge in [0.1, 0.15) is 17.1 Å². The van der Waals surface area contributed by atoms with Gasteiger partial charge in [-0.3, -0.25) is 18.7 Å². The van der Waals surface area contributed by atoms with Gasteiger partial charge in [0, 0.05) is 31.8 Å². The zero-order valence-electron chi connectivity index (χ0n) is 18.3. The molecule has 0 spiro atoms. The molecule has 0 unspecified atom stereocenters. The van der Waals surface area contributed by atoms with Crippen molar-refractivity contribution in [3.05, 3.63) is 86.1 Å². The number of ether oxygens (including phenoxy) is 1. The van der Waals surface area contributed by atoms with Gasteiger partial charge in [-0.15, -0.1) is 0 Å². The molecule has 0 fully saturated rings. The van der Waals surface area contributed by atoms with Gasteiger partial charge in [0.25, 0.3) is 5.56 Å². The lowest BCUT2D eigenvalue weighted by Crippen LogP contribution is -2.43. The Morgan fingerprint density at radius 1 is 1.09 bits per heavy atom. The molecule has 0 aliphatic carbocycles. The minimum Gasteiger partial charge on any atom is -0.435 e. The molecular weight excluding hydrogens is 434 g/mol. The van der Waals surface area contributed by atoms with Crippen LogP contribution in [0.1, 0.15) is 28.4 Å². The second kappa shape index (κ2) is 9.68. The normalized spacial score (nSPS) is 11.9. The predicted octanol–water partition coefficient (Wildman–Crippen LogP) is 2.54. The Labute approximate surface area is 188 Å². The summed E-state index contributed by atoms with van der Waals surface area (Å²) in [7, 11) is 2.63. The molecule has 3 N–H and O–H groups in total. The average molecular weight is 458 g/mol. The van der Waals surface area contributed by atoms with E-state index in [0.29, 0.717) is 17.7 Å². The van der Waals surface area contributed by atoms with Crippen LogP contribution in [0.15, 0.2) is 58.1 Å². The molecule has 8 nitrogen and oxygen atoms in total. The number of rotatable bonds is 8. The number of hydrogen-bond acceptors (Lipinski definition) is 6. The van der Waals surface area contributed by atoms with Crippen molar-refractivity contribution in [3.8, 4) is 5.75 Å². The Kier molecular flexibility index (Phi) is 6.95. The van der Waals surface area contributed by atoms with Crippen molar-refractivity contribution in [1.29, 1.82) is 0 Å². The monoisotopic (exact) mass is 458 g/mol. The molecule has 3 aromatic rings. The number of aromatic nitrogens is 2. The number of anilines is 2. The molecule has 0 saturated heterocycles. The molecule has 0 aliphatic heterocycles. The van der Waals surface area contributed by atoms with Crippen LogP contribution in [0.4, 0.5) is 20.3 Å². The van der Waals surface area contributed by atoms with Crippen LogP contribution in [-0.4, -0.2) is 27.6 Å². The number of hydrogen-bond donors (Lipinski definition) is 2. The smallest absolute Gasteiger partial charge is 0.387 e. The number of alkyl halides is 2. The highest BCUT2D eigenvalue weighted by atomic mass is 19.3. The van der Waals surface area contributed by atoms with Gasteiger partial charge in [-0.05, 0) is 30.7 Å². The van der Waals surface area contributed by atoms with Crippen LogP contribution in [0.25, 0.3) is 0 Å². The molecule has 1 aromatic heterocycles. The summed E-state index contributed by atoms with van der Waals surface area (Å²) in [4.78, 5) is 37.5. The van der Waals surface area contributed by atoms with E-state index in [1.807, 2.05) is 30.3 Å². The molecule has 1 atom stereocenters. The third-order valence-corrected chi connectivity index (χ3v) is 5.25. The Hall–Kier alpha value is -3.95. The summed E-state index contributed by atoms with van der Waals surface area (Å²) in [6, 6.07) is 12.8. The van der Waals surface area contributed by atoms with Crippen molar-refractivity contribution in [3.63, 3.8) is 0 Å². The third kappa shape index (κ3) is 5.11. The highest BCUT2D eigenvalue weighted by Gasteiger charge is 2.25. The quantitative estimate of drug-likeness (QED) is 0.503. The third-order valence-electron chi connectivity index (χ3n) is 5.25. The fourth-order valence-corrected chi connectivity index (χ4v) is 3.46. The fraction of sp³-hybridized carbons (Fsp3) is 0.261. The zero-order chi connectivity index (χ0) is 24.3. The summed E-state index contributed by atoms with van der Waals surface area (Å²) >= 11 is 0. The van der Waals surface area contributed by atoms with Crippen LogP contribution in [0.5, 0.6) is 5.75 Å². The van der Waals surface area contributed by atoms with Gasteiger partial charge in [-0.25, -0.2) is 4.79 Å². The SMILES string of the molecule is C[C@H](Nc1ccc(OC(F)F)c(Cc2ccccc2)c1)C(=O)c1c(N)n(C)c(=O)n(C)c1=O. The second-order valence-corrected chi connectivity index (χ2v) is 7.56. The molecule has 0 amide bonds. The summed E-state index contributed by atoms with van der Waals surface area (Å²) in [6.07, 6.45) is 0.328. The first-order chi connectivity index (χ1) is 15.6. The highest BCUT2D eigenvalue weighted by molar-refractivity contribution is 6.04. The molecule has 0 radical (unpaired) electrons. The van der Waals surface area contributed by atoms with Crippen molar-refractivity contribution >= 4 is 17.3 Å². The van der Waals surface area contributed by atoms with E-state index < -0.39 is 29.7 Å². The van der Waals surface area contributed by atoms with E-state index in [0.717, 1.165) is 14.7 Å². The minimum atomic E-state index is -2.98. The Morgan fingerprint density at radius 2 is 1.76 bits per heavy atom. The molecule has 0 saturated carbocycles. The van der Waals surface area contributed by atoms with Crippen LogP contribution in [0.3, 0.4) is 0 Å². The summed E-state index contributed by atoms with van der Waals surface area (Å²) in [5.74, 6) is -0.817. The van der Waals surface area contributed by atoms with Gasteiger partial charge in [-0.1, -0.05) is 30.3 Å². The average Bonchev–Trinajstić information content (AvgIpc) is 2.78. The lowest BCUT2D eigenvalue weighted by Gasteiger charge is -2.18. The van der Waals surface area contributed by atoms with Crippen LogP contribution >= 0.6 is 0 Å². The molecule has 2 aromatic carbocycles. The number of nitrogens with two attached hydrogens (primary N) is 1. The van der Waals surface area contributed by atoms with E-state index >= 15 is 0 Å². The number of nitrogens with one attached hydrogen (secondary N) is 1. The number of carbonyl (C=O) groups excluding carboxylic acids is 1. The van der Waals surface area contributed by atoms with Gasteiger partial charge >= 0.3 is 12.3 Å². The molecule has 174 valence electrons. The van der Waals surface area contributed by atoms with Crippen LogP contribution in [0, 0.1) is 0 Å². The van der Waals surface area contributed by atoms with Crippen molar-refractivity contribution in [2.75, 3.05) is 11.1 Å². The van der Waals surface area contributed by atoms with Gasteiger partial charge in [0.2, 0.25) is 0 Å². The number of nitrogen functional groups attached to an aromatic ring is 1. The number of halogens is 2. The number of benzene rings is 2. The Morgan fingerprint density at radius 3 is 2.39 bits per heavy atom. The fourth-order valence-electron chi connectivity index (χ4n) is 3.46. The molecule has 10 heteroatoms. The van der Waals surface area contributed by atoms with Gasteiger partial charge < -0.3 is 15.8 Å². The van der Waals surface area contributed by atoms with Crippen molar-refractivity contribution in [1.82, 2.24) is 9.13 Å². The predicted molar refractivity (Wildman–Crippen MR) is 121 cm³/mol. The van der Waals surface area contributed by atoms with Crippen molar-refractivity contribution in [2.24, 2.45) is 14.1 Å². The van der Waals surface area contributed by atoms with E-state index in [1.54, 1.807) is 6.07 Å². The summed E-state index contributed by atoms with van der Waals surface area (Å²) in [5, 5.41) is 2.97. The van der Waals surface area contributed by atoms with Crippen LogP contribution in [0.2, 0.25) is 0 Å². The lowest BCUT2D eigenvalue weighted by molar-refractivity contribution is -0.0503. The standard InChI is InChI=1S/C23H24F2N4O4/c1-13(19(30)18-20(26)28(2)23(32)29(3)21(18)31)27-16-9-10-17(33-22(24)25)15(12-16)11-14-7-5-4-6-8-14/h4-10,12-13,22,27H,11,26H2,1-3H3/t13-/m0/s1. The van der Waals surface area contributed by atoms with Gasteiger partial charge in [-0.2, -0.15) is 8.78 Å². The number of nitrogens with zero attached hydrogens (tertiary/aromatic N) is 2. The van der Waals surface area contributed by atoms with E-state index in [9.17, 15) is 23.2 Å². The van der Waals surface area contributed by atoms with Gasteiger partial charge in [0.15, 0.2) is 5.78 Å². The van der Waals surface area contributed by atoms with E-state index in [-0.39, 0.29) is 17.1 Å². The lowest BCUT2D eigenvalue weighted by atomic mass is 10.0. The number of Topliss-reactive ketones (excluding diaryl/α,β-unsaturated/α-hetero) is 1. The molecule has 1 heterocycles. The Balaban J connectivity index is 1.92. The molecular formula is C23H24F2N4O4. The summed E-state index contributed by atoms with van der Waals surface area (Å²) < 4.78 is 32.2. The maximum absolute atomic E-state index is 13.0. The summed E-state index contributed by atoms with van der Waals surface area (Å²) in [5.41, 5.74) is 5.97. The number of ketones is 1. The van der Waals surface area contributed by atoms with Crippen molar-refractivity contribution in [2.45, 2.75) is 26.0 Å². The second-order valence-electron chi connectivity index (χ2n) is 7.56. The maximum Gasteiger partial charge on any atom is 0.387 e. The maximum atomic E-state index is 13.0. The van der Waals surface area contributed by atoms with Crippen LogP contribution < -0.4 is 27.0 Å². The largest absolute Gasteiger partial charge is 0.435 e. The summed E-state index contributed by atoms with van der Waals surface area (Å²) in [6.45, 7) is -1.45. The van der Waals surface area contributed by atoms with Crippen LogP contribution in [-0.2, 0) is 20.5 Å². The molecule has 0 bridgehead atoms. The van der Waals surface area contributed by atoms with E-state index in [4.69, 9.17) is 5.73 Å². The molecule has 0 aliphatic rings. The Bertz CT molecular complexity index is 1290. The first-order valence-corrected chi connectivity index (χ1v) is 10.1. The zero-order valence-corrected chi connectivity index (χ0v) is 18.3. The topological polar surface area (TPSA) is 108 Å². The molecule has 33 heavy (non-hydrogen) atoms. The first kappa shape index (κ1) is 23.7. The van der Waals surface area contributed by atoms with E-state index in [2.05, 4.69) is 10.1 Å². The minimum absolute atomic E-state index is 0.0227. The van der Waals surface area contributed by atoms with E-state index in [1.165, 1.54) is 33.2 Å².